The summed E-state index contributed by atoms with van der Waals surface area (Å²) in [6, 6.07) is 16.9. The minimum atomic E-state index is -0.133. The topological polar surface area (TPSA) is 103 Å². The number of carbonyl (C=O) groups excluding carboxylic acids is 2. The maximum absolute atomic E-state index is 13.6. The van der Waals surface area contributed by atoms with Crippen molar-refractivity contribution >= 4 is 23.1 Å². The van der Waals surface area contributed by atoms with Crippen LogP contribution < -0.4 is 10.2 Å². The second-order valence-corrected chi connectivity index (χ2v) is 9.05. The fourth-order valence-corrected chi connectivity index (χ4v) is 4.16. The highest BCUT2D eigenvalue weighted by molar-refractivity contribution is 6.07. The van der Waals surface area contributed by atoms with Gasteiger partial charge >= 0.3 is 0 Å². The van der Waals surface area contributed by atoms with Gasteiger partial charge in [-0.25, -0.2) is 9.50 Å². The van der Waals surface area contributed by atoms with E-state index in [1.165, 1.54) is 6.20 Å². The van der Waals surface area contributed by atoms with Gasteiger partial charge in [0.2, 0.25) is 0 Å². The summed E-state index contributed by atoms with van der Waals surface area (Å²) in [4.78, 5) is 31.9. The van der Waals surface area contributed by atoms with E-state index >= 15 is 0 Å². The lowest BCUT2D eigenvalue weighted by Gasteiger charge is -2.21. The molecule has 2 amide bonds. The number of fused-ring (bicyclic) bond motifs is 1. The van der Waals surface area contributed by atoms with Crippen LogP contribution in [0.4, 0.5) is 5.82 Å². The molecule has 0 spiro atoms. The smallest absolute Gasteiger partial charge is 0.259 e. The molecule has 4 aromatic rings. The predicted molar refractivity (Wildman–Crippen MR) is 130 cm³/mol. The summed E-state index contributed by atoms with van der Waals surface area (Å²) in [6.45, 7) is 0. The summed E-state index contributed by atoms with van der Waals surface area (Å²) in [5.41, 5.74) is 4.22. The van der Waals surface area contributed by atoms with Crippen LogP contribution in [-0.2, 0) is 0 Å². The van der Waals surface area contributed by atoms with Crippen molar-refractivity contribution in [2.45, 2.75) is 37.8 Å². The van der Waals surface area contributed by atoms with Crippen molar-refractivity contribution in [3.63, 3.8) is 0 Å². The average Bonchev–Trinajstić information content (AvgIpc) is 3.83. The van der Waals surface area contributed by atoms with Gasteiger partial charge in [-0.1, -0.05) is 12.1 Å². The van der Waals surface area contributed by atoms with Gasteiger partial charge in [-0.2, -0.15) is 10.4 Å². The molecule has 35 heavy (non-hydrogen) atoms. The standard InChI is InChI=1S/C27H22N6O2/c28-14-17-1-10-25(29-15-17)33(22-8-9-22)27(35)20-11-12-32-24(13-20)23(16-30-32)18-2-4-19(5-3-18)26(34)31-21-6-7-21/h1-5,10-13,15-16,21-22H,6-9H2,(H,31,34). The van der Waals surface area contributed by atoms with Crippen molar-refractivity contribution in [3.8, 4) is 17.2 Å². The summed E-state index contributed by atoms with van der Waals surface area (Å²) in [5.74, 6) is 0.361. The molecule has 2 saturated carbocycles. The highest BCUT2D eigenvalue weighted by Crippen LogP contribution is 2.33. The van der Waals surface area contributed by atoms with Crippen LogP contribution in [0.2, 0.25) is 0 Å². The van der Waals surface area contributed by atoms with Crippen LogP contribution in [0.5, 0.6) is 0 Å². The monoisotopic (exact) mass is 462 g/mol. The van der Waals surface area contributed by atoms with E-state index in [4.69, 9.17) is 5.26 Å². The molecule has 1 aromatic carbocycles. The predicted octanol–water partition coefficient (Wildman–Crippen LogP) is 3.97. The number of nitriles is 1. The van der Waals surface area contributed by atoms with E-state index in [0.29, 0.717) is 28.6 Å². The normalized spacial score (nSPS) is 14.9. The largest absolute Gasteiger partial charge is 0.349 e. The van der Waals surface area contributed by atoms with Gasteiger partial charge in [0.15, 0.2) is 0 Å². The maximum Gasteiger partial charge on any atom is 0.259 e. The number of nitrogens with one attached hydrogen (secondary N) is 1. The summed E-state index contributed by atoms with van der Waals surface area (Å²) >= 11 is 0. The number of benzene rings is 1. The fourth-order valence-electron chi connectivity index (χ4n) is 4.16. The van der Waals surface area contributed by atoms with Crippen LogP contribution in [0, 0.1) is 11.3 Å². The molecule has 1 N–H and O–H groups in total. The van der Waals surface area contributed by atoms with Crippen molar-refractivity contribution in [2.75, 3.05) is 4.90 Å². The van der Waals surface area contributed by atoms with Gasteiger partial charge in [0.05, 0.1) is 17.3 Å². The van der Waals surface area contributed by atoms with Crippen LogP contribution in [0.1, 0.15) is 52.0 Å². The summed E-state index contributed by atoms with van der Waals surface area (Å²) in [7, 11) is 0. The first kappa shape index (κ1) is 21.1. The molecule has 2 aliphatic carbocycles. The molecule has 0 saturated heterocycles. The number of carbonyl (C=O) groups is 2. The molecule has 8 heteroatoms. The maximum atomic E-state index is 13.6. The third-order valence-corrected chi connectivity index (χ3v) is 6.39. The van der Waals surface area contributed by atoms with E-state index in [2.05, 4.69) is 21.5 Å². The molecular weight excluding hydrogens is 440 g/mol. The minimum Gasteiger partial charge on any atom is -0.349 e. The Morgan fingerprint density at radius 2 is 1.80 bits per heavy atom. The first-order chi connectivity index (χ1) is 17.1. The van der Waals surface area contributed by atoms with Crippen LogP contribution in [0.15, 0.2) is 67.1 Å². The molecule has 0 bridgehead atoms. The van der Waals surface area contributed by atoms with E-state index in [9.17, 15) is 9.59 Å². The molecule has 3 aromatic heterocycles. The van der Waals surface area contributed by atoms with Gasteiger partial charge in [0.1, 0.15) is 11.9 Å². The lowest BCUT2D eigenvalue weighted by atomic mass is 10.0. The second-order valence-electron chi connectivity index (χ2n) is 9.05. The molecule has 0 unspecified atom stereocenters. The summed E-state index contributed by atoms with van der Waals surface area (Å²) < 4.78 is 1.74. The Bertz CT molecular complexity index is 1480. The second kappa shape index (κ2) is 8.37. The van der Waals surface area contributed by atoms with Crippen LogP contribution >= 0.6 is 0 Å². The third kappa shape index (κ3) is 4.13. The molecule has 0 atom stereocenters. The third-order valence-electron chi connectivity index (χ3n) is 6.39. The van der Waals surface area contributed by atoms with Crippen molar-refractivity contribution in [1.82, 2.24) is 19.9 Å². The summed E-state index contributed by atoms with van der Waals surface area (Å²) in [5, 5.41) is 16.5. The SMILES string of the molecule is N#Cc1ccc(N(C(=O)c2ccn3ncc(-c4ccc(C(=O)NC5CC5)cc4)c3c2)C2CC2)nc1. The molecule has 172 valence electrons. The Morgan fingerprint density at radius 3 is 2.46 bits per heavy atom. The number of nitrogens with zero attached hydrogens (tertiary/aromatic N) is 5. The quantitative estimate of drug-likeness (QED) is 0.467. The number of amides is 2. The molecule has 0 radical (unpaired) electrons. The van der Waals surface area contributed by atoms with E-state index < -0.39 is 0 Å². The van der Waals surface area contributed by atoms with E-state index in [1.807, 2.05) is 30.3 Å². The lowest BCUT2D eigenvalue weighted by Crippen LogP contribution is -2.33. The van der Waals surface area contributed by atoms with E-state index in [1.54, 1.807) is 40.0 Å². The van der Waals surface area contributed by atoms with Gasteiger partial charge in [0, 0.05) is 41.2 Å². The Hall–Kier alpha value is -4.51. The van der Waals surface area contributed by atoms with Gasteiger partial charge in [-0.3, -0.25) is 14.5 Å². The van der Waals surface area contributed by atoms with Crippen LogP contribution in [0.3, 0.4) is 0 Å². The van der Waals surface area contributed by atoms with E-state index in [0.717, 1.165) is 42.3 Å². The van der Waals surface area contributed by atoms with Crippen LogP contribution in [-0.4, -0.2) is 38.5 Å². The minimum absolute atomic E-state index is 0.0524. The number of hydrogen-bond acceptors (Lipinski definition) is 5. The Labute approximate surface area is 201 Å². The Balaban J connectivity index is 1.30. The van der Waals surface area contributed by atoms with Crippen molar-refractivity contribution < 1.29 is 9.59 Å². The van der Waals surface area contributed by atoms with Crippen LogP contribution in [0.25, 0.3) is 16.6 Å². The zero-order valence-electron chi connectivity index (χ0n) is 18.9. The van der Waals surface area contributed by atoms with Gasteiger partial charge in [0.25, 0.3) is 11.8 Å². The van der Waals surface area contributed by atoms with Gasteiger partial charge in [-0.05, 0) is 67.6 Å². The zero-order chi connectivity index (χ0) is 23.9. The number of pyridine rings is 2. The Kier molecular flexibility index (Phi) is 5.03. The molecule has 2 fully saturated rings. The molecule has 8 nitrogen and oxygen atoms in total. The molecule has 3 heterocycles. The Morgan fingerprint density at radius 1 is 1.00 bits per heavy atom. The molecule has 2 aliphatic rings. The number of hydrogen-bond donors (Lipinski definition) is 1. The van der Waals surface area contributed by atoms with Crippen molar-refractivity contribution in [1.29, 1.82) is 5.26 Å². The number of rotatable bonds is 6. The molecule has 6 rings (SSSR count). The average molecular weight is 463 g/mol. The van der Waals surface area contributed by atoms with Crippen molar-refractivity contribution in [3.05, 3.63) is 83.8 Å². The highest BCUT2D eigenvalue weighted by Gasteiger charge is 2.35. The zero-order valence-corrected chi connectivity index (χ0v) is 18.9. The number of aromatic nitrogens is 3. The summed E-state index contributed by atoms with van der Waals surface area (Å²) in [6.07, 6.45) is 8.98. The number of anilines is 1. The highest BCUT2D eigenvalue weighted by atomic mass is 16.2. The first-order valence-electron chi connectivity index (χ1n) is 11.7. The molecule has 0 aliphatic heterocycles. The van der Waals surface area contributed by atoms with E-state index in [-0.39, 0.29) is 17.9 Å². The lowest BCUT2D eigenvalue weighted by molar-refractivity contribution is 0.0949. The fraction of sp³-hybridized carbons (Fsp3) is 0.222. The van der Waals surface area contributed by atoms with Gasteiger partial charge in [-0.15, -0.1) is 0 Å². The van der Waals surface area contributed by atoms with Crippen molar-refractivity contribution in [2.24, 2.45) is 0 Å². The van der Waals surface area contributed by atoms with Gasteiger partial charge < -0.3 is 5.32 Å². The first-order valence-corrected chi connectivity index (χ1v) is 11.7. The molecular formula is C27H22N6O2.